The molecule has 3 nitrogen and oxygen atoms in total. The minimum atomic E-state index is -1.63. The summed E-state index contributed by atoms with van der Waals surface area (Å²) in [6.45, 7) is 1.46. The fourth-order valence-electron chi connectivity index (χ4n) is 2.32. The SMILES string of the molecule is CC(O)(C(=O)OC1CCCCC1Cl)c1ccccc1. The van der Waals surface area contributed by atoms with E-state index >= 15 is 0 Å². The smallest absolute Gasteiger partial charge is 0.342 e. The van der Waals surface area contributed by atoms with Crippen LogP contribution in [0, 0.1) is 0 Å². The maximum absolute atomic E-state index is 12.1. The molecule has 0 spiro atoms. The zero-order valence-electron chi connectivity index (χ0n) is 11.0. The van der Waals surface area contributed by atoms with Gasteiger partial charge in [-0.3, -0.25) is 0 Å². The van der Waals surface area contributed by atoms with Crippen molar-refractivity contribution in [3.05, 3.63) is 35.9 Å². The van der Waals surface area contributed by atoms with Crippen molar-refractivity contribution < 1.29 is 14.6 Å². The van der Waals surface area contributed by atoms with E-state index in [4.69, 9.17) is 16.3 Å². The van der Waals surface area contributed by atoms with Gasteiger partial charge in [0.05, 0.1) is 5.38 Å². The molecule has 2 rings (SSSR count). The van der Waals surface area contributed by atoms with Crippen molar-refractivity contribution in [2.45, 2.75) is 49.7 Å². The first-order chi connectivity index (χ1) is 9.01. The Balaban J connectivity index is 2.06. The monoisotopic (exact) mass is 282 g/mol. The Hall–Kier alpha value is -1.06. The number of aliphatic hydroxyl groups is 1. The topological polar surface area (TPSA) is 46.5 Å². The summed E-state index contributed by atoms with van der Waals surface area (Å²) in [5, 5.41) is 10.2. The van der Waals surface area contributed by atoms with Crippen LogP contribution in [-0.4, -0.2) is 22.6 Å². The molecule has 19 heavy (non-hydrogen) atoms. The normalized spacial score (nSPS) is 26.5. The highest BCUT2D eigenvalue weighted by molar-refractivity contribution is 6.21. The molecular weight excluding hydrogens is 264 g/mol. The summed E-state index contributed by atoms with van der Waals surface area (Å²) < 4.78 is 5.40. The number of rotatable bonds is 3. The zero-order valence-corrected chi connectivity index (χ0v) is 11.8. The number of esters is 1. The summed E-state index contributed by atoms with van der Waals surface area (Å²) in [7, 11) is 0. The highest BCUT2D eigenvalue weighted by atomic mass is 35.5. The summed E-state index contributed by atoms with van der Waals surface area (Å²) in [5.74, 6) is -0.628. The van der Waals surface area contributed by atoms with Gasteiger partial charge in [0.15, 0.2) is 5.60 Å². The van der Waals surface area contributed by atoms with Gasteiger partial charge in [0.25, 0.3) is 0 Å². The molecule has 0 aliphatic heterocycles. The predicted molar refractivity (Wildman–Crippen MR) is 74.0 cm³/mol. The van der Waals surface area contributed by atoms with Crippen molar-refractivity contribution in [3.63, 3.8) is 0 Å². The third kappa shape index (κ3) is 3.28. The minimum Gasteiger partial charge on any atom is -0.458 e. The van der Waals surface area contributed by atoms with Crippen LogP contribution in [0.5, 0.6) is 0 Å². The second kappa shape index (κ2) is 5.93. The molecule has 3 atom stereocenters. The van der Waals surface area contributed by atoms with Crippen molar-refractivity contribution in [3.8, 4) is 0 Å². The Morgan fingerprint density at radius 2 is 1.95 bits per heavy atom. The number of benzene rings is 1. The van der Waals surface area contributed by atoms with Crippen LogP contribution in [0.15, 0.2) is 30.3 Å². The second-order valence-corrected chi connectivity index (χ2v) is 5.74. The maximum atomic E-state index is 12.1. The van der Waals surface area contributed by atoms with E-state index in [-0.39, 0.29) is 11.5 Å². The van der Waals surface area contributed by atoms with Gasteiger partial charge in [-0.05, 0) is 31.7 Å². The van der Waals surface area contributed by atoms with Gasteiger partial charge in [0.2, 0.25) is 0 Å². The van der Waals surface area contributed by atoms with Crippen LogP contribution in [0.2, 0.25) is 0 Å². The van der Waals surface area contributed by atoms with Crippen LogP contribution in [0.4, 0.5) is 0 Å². The summed E-state index contributed by atoms with van der Waals surface area (Å²) in [4.78, 5) is 12.1. The Morgan fingerprint density at radius 3 is 2.58 bits per heavy atom. The lowest BCUT2D eigenvalue weighted by Crippen LogP contribution is -2.40. The molecule has 1 aromatic carbocycles. The summed E-state index contributed by atoms with van der Waals surface area (Å²) >= 11 is 6.16. The van der Waals surface area contributed by atoms with Crippen LogP contribution < -0.4 is 0 Å². The number of halogens is 1. The Labute approximate surface area is 118 Å². The average Bonchev–Trinajstić information content (AvgIpc) is 2.42. The molecule has 104 valence electrons. The minimum absolute atomic E-state index is 0.149. The van der Waals surface area contributed by atoms with Crippen molar-refractivity contribution in [1.29, 1.82) is 0 Å². The Morgan fingerprint density at radius 1 is 1.32 bits per heavy atom. The van der Waals surface area contributed by atoms with E-state index in [0.29, 0.717) is 5.56 Å². The first kappa shape index (κ1) is 14.4. The lowest BCUT2D eigenvalue weighted by atomic mass is 9.94. The van der Waals surface area contributed by atoms with E-state index in [1.807, 2.05) is 6.07 Å². The van der Waals surface area contributed by atoms with Crippen molar-refractivity contribution in [2.24, 2.45) is 0 Å². The Bertz CT molecular complexity index is 430. The fraction of sp³-hybridized carbons (Fsp3) is 0.533. The van der Waals surface area contributed by atoms with E-state index in [0.717, 1.165) is 25.7 Å². The van der Waals surface area contributed by atoms with E-state index in [1.165, 1.54) is 6.92 Å². The van der Waals surface area contributed by atoms with Gasteiger partial charge < -0.3 is 9.84 Å². The molecule has 0 aromatic heterocycles. The van der Waals surface area contributed by atoms with Crippen LogP contribution in [0.1, 0.15) is 38.2 Å². The quantitative estimate of drug-likeness (QED) is 0.685. The number of alkyl halides is 1. The van der Waals surface area contributed by atoms with Crippen molar-refractivity contribution in [1.82, 2.24) is 0 Å². The molecule has 0 amide bonds. The number of hydrogen-bond acceptors (Lipinski definition) is 3. The molecule has 3 unspecified atom stereocenters. The van der Waals surface area contributed by atoms with Crippen LogP contribution in [0.3, 0.4) is 0 Å². The molecular formula is C15H19ClO3. The number of carbonyl (C=O) groups excluding carboxylic acids is 1. The summed E-state index contributed by atoms with van der Waals surface area (Å²) in [6, 6.07) is 8.81. The summed E-state index contributed by atoms with van der Waals surface area (Å²) in [6.07, 6.45) is 3.40. The summed E-state index contributed by atoms with van der Waals surface area (Å²) in [5.41, 5.74) is -1.10. The molecule has 1 N–H and O–H groups in total. The van der Waals surface area contributed by atoms with E-state index < -0.39 is 11.6 Å². The molecule has 1 aliphatic rings. The lowest BCUT2D eigenvalue weighted by molar-refractivity contribution is -0.171. The standard InChI is InChI=1S/C15H19ClO3/c1-15(18,11-7-3-2-4-8-11)14(17)19-13-10-6-5-9-12(13)16/h2-4,7-8,12-13,18H,5-6,9-10H2,1H3. The fourth-order valence-corrected chi connectivity index (χ4v) is 2.65. The number of ether oxygens (including phenoxy) is 1. The van der Waals surface area contributed by atoms with Crippen molar-refractivity contribution >= 4 is 17.6 Å². The van der Waals surface area contributed by atoms with Crippen LogP contribution in [-0.2, 0) is 15.1 Å². The first-order valence-corrected chi connectivity index (χ1v) is 7.08. The maximum Gasteiger partial charge on any atom is 0.342 e. The molecule has 4 heteroatoms. The van der Waals surface area contributed by atoms with Gasteiger partial charge in [0.1, 0.15) is 6.10 Å². The van der Waals surface area contributed by atoms with Gasteiger partial charge in [-0.2, -0.15) is 0 Å². The van der Waals surface area contributed by atoms with Gasteiger partial charge >= 0.3 is 5.97 Å². The van der Waals surface area contributed by atoms with Gasteiger partial charge in [0, 0.05) is 0 Å². The highest BCUT2D eigenvalue weighted by Gasteiger charge is 2.37. The van der Waals surface area contributed by atoms with Gasteiger partial charge in [-0.15, -0.1) is 11.6 Å². The number of hydrogen-bond donors (Lipinski definition) is 1. The molecule has 0 radical (unpaired) electrons. The molecule has 0 bridgehead atoms. The second-order valence-electron chi connectivity index (χ2n) is 5.18. The van der Waals surface area contributed by atoms with Gasteiger partial charge in [-0.1, -0.05) is 36.8 Å². The third-order valence-electron chi connectivity index (χ3n) is 3.61. The first-order valence-electron chi connectivity index (χ1n) is 6.65. The van der Waals surface area contributed by atoms with E-state index in [2.05, 4.69) is 0 Å². The molecule has 1 saturated carbocycles. The van der Waals surface area contributed by atoms with E-state index in [1.54, 1.807) is 24.3 Å². The average molecular weight is 283 g/mol. The van der Waals surface area contributed by atoms with Crippen molar-refractivity contribution in [2.75, 3.05) is 0 Å². The molecule has 0 saturated heterocycles. The third-order valence-corrected chi connectivity index (χ3v) is 4.11. The lowest BCUT2D eigenvalue weighted by Gasteiger charge is -2.30. The molecule has 1 fully saturated rings. The number of carbonyl (C=O) groups is 1. The largest absolute Gasteiger partial charge is 0.458 e. The molecule has 1 aliphatic carbocycles. The predicted octanol–water partition coefficient (Wildman–Crippen LogP) is 2.99. The van der Waals surface area contributed by atoms with Crippen LogP contribution in [0.25, 0.3) is 0 Å². The Kier molecular flexibility index (Phi) is 4.48. The van der Waals surface area contributed by atoms with Crippen LogP contribution >= 0.6 is 11.6 Å². The zero-order chi connectivity index (χ0) is 13.9. The highest BCUT2D eigenvalue weighted by Crippen LogP contribution is 2.29. The molecule has 1 aromatic rings. The molecule has 0 heterocycles. The van der Waals surface area contributed by atoms with E-state index in [9.17, 15) is 9.90 Å². The van der Waals surface area contributed by atoms with Gasteiger partial charge in [-0.25, -0.2) is 4.79 Å².